The second-order valence-electron chi connectivity index (χ2n) is 8.60. The zero-order chi connectivity index (χ0) is 22.2. The Morgan fingerprint density at radius 1 is 0.844 bits per heavy atom. The number of hydrogen-bond acceptors (Lipinski definition) is 2. The van der Waals surface area contributed by atoms with Crippen LogP contribution in [0.25, 0.3) is 11.6 Å². The number of rotatable bonds is 8. The third kappa shape index (κ3) is 6.48. The number of piperidine rings is 1. The van der Waals surface area contributed by atoms with Gasteiger partial charge >= 0.3 is 0 Å². The molecular formula is C29H32ClNO. The fourth-order valence-electron chi connectivity index (χ4n) is 4.18. The van der Waals surface area contributed by atoms with Crippen LogP contribution in [0.15, 0.2) is 72.8 Å². The minimum Gasteiger partial charge on any atom is -0.494 e. The molecule has 1 aliphatic heterocycles. The molecule has 1 aliphatic rings. The van der Waals surface area contributed by atoms with Crippen LogP contribution in [-0.2, 0) is 0 Å². The highest BCUT2D eigenvalue weighted by molar-refractivity contribution is 6.30. The van der Waals surface area contributed by atoms with Crippen LogP contribution in [0, 0.1) is 6.92 Å². The van der Waals surface area contributed by atoms with Gasteiger partial charge in [-0.15, -0.1) is 0 Å². The first-order valence-corrected chi connectivity index (χ1v) is 12.0. The molecule has 0 saturated carbocycles. The number of hydrogen-bond donors (Lipinski definition) is 0. The smallest absolute Gasteiger partial charge is 0.119 e. The number of aryl methyl sites for hydroxylation is 1. The van der Waals surface area contributed by atoms with Crippen molar-refractivity contribution >= 4 is 23.3 Å². The van der Waals surface area contributed by atoms with E-state index >= 15 is 0 Å². The van der Waals surface area contributed by atoms with E-state index in [1.807, 2.05) is 12.1 Å². The second-order valence-corrected chi connectivity index (χ2v) is 9.04. The lowest BCUT2D eigenvalue weighted by Crippen LogP contribution is -2.31. The third-order valence-corrected chi connectivity index (χ3v) is 6.30. The molecule has 166 valence electrons. The van der Waals surface area contributed by atoms with Crippen molar-refractivity contribution in [3.8, 4) is 5.75 Å². The summed E-state index contributed by atoms with van der Waals surface area (Å²) in [7, 11) is 0. The maximum atomic E-state index is 6.13. The topological polar surface area (TPSA) is 12.5 Å². The highest BCUT2D eigenvalue weighted by Crippen LogP contribution is 2.29. The molecule has 32 heavy (non-hydrogen) atoms. The fourth-order valence-corrected chi connectivity index (χ4v) is 4.31. The lowest BCUT2D eigenvalue weighted by atomic mass is 9.95. The molecule has 3 aromatic rings. The van der Waals surface area contributed by atoms with Crippen LogP contribution in [0.4, 0.5) is 0 Å². The molecule has 0 aliphatic carbocycles. The molecule has 0 bridgehead atoms. The van der Waals surface area contributed by atoms with E-state index in [1.165, 1.54) is 49.1 Å². The van der Waals surface area contributed by atoms with Gasteiger partial charge in [0.2, 0.25) is 0 Å². The Kier molecular flexibility index (Phi) is 8.03. The van der Waals surface area contributed by atoms with Gasteiger partial charge in [0.05, 0.1) is 6.61 Å². The van der Waals surface area contributed by atoms with Crippen molar-refractivity contribution in [2.75, 3.05) is 26.2 Å². The Balaban J connectivity index is 1.45. The fraction of sp³-hybridized carbons (Fsp3) is 0.310. The van der Waals surface area contributed by atoms with E-state index in [0.717, 1.165) is 41.5 Å². The maximum Gasteiger partial charge on any atom is 0.119 e. The molecule has 0 spiro atoms. The molecule has 3 heteroatoms. The molecule has 1 heterocycles. The summed E-state index contributed by atoms with van der Waals surface area (Å²) in [5.41, 5.74) is 5.91. The number of nitrogens with zero attached hydrogens (tertiary/aromatic N) is 1. The van der Waals surface area contributed by atoms with E-state index in [9.17, 15) is 0 Å². The van der Waals surface area contributed by atoms with Crippen LogP contribution in [0.1, 0.15) is 47.9 Å². The molecule has 2 nitrogen and oxygen atoms in total. The van der Waals surface area contributed by atoms with Crippen LogP contribution in [0.2, 0.25) is 5.02 Å². The Hall–Kier alpha value is -2.55. The van der Waals surface area contributed by atoms with E-state index in [-0.39, 0.29) is 0 Å². The van der Waals surface area contributed by atoms with Crippen LogP contribution >= 0.6 is 11.6 Å². The number of ether oxygens (including phenoxy) is 1. The van der Waals surface area contributed by atoms with Gasteiger partial charge in [-0.3, -0.25) is 0 Å². The van der Waals surface area contributed by atoms with Gasteiger partial charge in [-0.05, 0) is 91.9 Å². The Labute approximate surface area is 197 Å². The summed E-state index contributed by atoms with van der Waals surface area (Å²) in [6, 6.07) is 25.1. The van der Waals surface area contributed by atoms with E-state index in [1.54, 1.807) is 0 Å². The molecule has 4 rings (SSSR count). The first-order chi connectivity index (χ1) is 15.7. The Bertz CT molecular complexity index is 1000. The summed E-state index contributed by atoms with van der Waals surface area (Å²) >= 11 is 6.13. The lowest BCUT2D eigenvalue weighted by Gasteiger charge is -2.26. The largest absolute Gasteiger partial charge is 0.494 e. The molecule has 0 amide bonds. The summed E-state index contributed by atoms with van der Waals surface area (Å²) in [4.78, 5) is 2.56. The van der Waals surface area contributed by atoms with Gasteiger partial charge in [-0.25, -0.2) is 0 Å². The van der Waals surface area contributed by atoms with Crippen LogP contribution < -0.4 is 4.74 Å². The average molecular weight is 446 g/mol. The van der Waals surface area contributed by atoms with E-state index in [2.05, 4.69) is 78.6 Å². The van der Waals surface area contributed by atoms with Gasteiger partial charge in [0.15, 0.2) is 0 Å². The summed E-state index contributed by atoms with van der Waals surface area (Å²) in [5, 5.41) is 0.747. The van der Waals surface area contributed by atoms with Gasteiger partial charge in [-0.2, -0.15) is 0 Å². The zero-order valence-electron chi connectivity index (χ0n) is 18.9. The van der Waals surface area contributed by atoms with Crippen LogP contribution in [0.3, 0.4) is 0 Å². The van der Waals surface area contributed by atoms with Crippen molar-refractivity contribution in [3.05, 3.63) is 100 Å². The Morgan fingerprint density at radius 3 is 2.12 bits per heavy atom. The maximum absolute atomic E-state index is 6.13. The lowest BCUT2D eigenvalue weighted by molar-refractivity contribution is 0.205. The molecular weight excluding hydrogens is 414 g/mol. The average Bonchev–Trinajstić information content (AvgIpc) is 2.83. The monoisotopic (exact) mass is 445 g/mol. The molecule has 0 atom stereocenters. The number of benzene rings is 3. The normalized spacial score (nSPS) is 15.0. The minimum atomic E-state index is 0.747. The van der Waals surface area contributed by atoms with Crippen molar-refractivity contribution in [1.82, 2.24) is 4.90 Å². The first-order valence-electron chi connectivity index (χ1n) is 11.7. The van der Waals surface area contributed by atoms with Gasteiger partial charge < -0.3 is 9.64 Å². The SMILES string of the molecule is Cc1ccc(C=C(c2ccc(Cl)cc2)c2ccc(OCCCN3CCCCC3)cc2)cc1. The summed E-state index contributed by atoms with van der Waals surface area (Å²) in [6.07, 6.45) is 7.38. The third-order valence-electron chi connectivity index (χ3n) is 6.04. The zero-order valence-corrected chi connectivity index (χ0v) is 19.7. The van der Waals surface area contributed by atoms with Crippen molar-refractivity contribution < 1.29 is 4.74 Å². The number of halogens is 1. The predicted molar refractivity (Wildman–Crippen MR) is 136 cm³/mol. The second kappa shape index (κ2) is 11.4. The molecule has 0 aromatic heterocycles. The van der Waals surface area contributed by atoms with Gasteiger partial charge in [0, 0.05) is 11.6 Å². The summed E-state index contributed by atoms with van der Waals surface area (Å²) < 4.78 is 6.02. The first kappa shape index (κ1) is 22.6. The van der Waals surface area contributed by atoms with Crippen molar-refractivity contribution in [2.24, 2.45) is 0 Å². The molecule has 1 saturated heterocycles. The van der Waals surface area contributed by atoms with Crippen molar-refractivity contribution in [3.63, 3.8) is 0 Å². The van der Waals surface area contributed by atoms with Crippen LogP contribution in [0.5, 0.6) is 5.75 Å². The van der Waals surface area contributed by atoms with Crippen molar-refractivity contribution in [2.45, 2.75) is 32.6 Å². The summed E-state index contributed by atoms with van der Waals surface area (Å²) in [5.74, 6) is 0.929. The quantitative estimate of drug-likeness (QED) is 0.263. The van der Waals surface area contributed by atoms with Crippen molar-refractivity contribution in [1.29, 1.82) is 0 Å². The molecule has 0 N–H and O–H groups in total. The summed E-state index contributed by atoms with van der Waals surface area (Å²) in [6.45, 7) is 6.50. The molecule has 0 unspecified atom stereocenters. The van der Waals surface area contributed by atoms with E-state index < -0.39 is 0 Å². The molecule has 1 fully saturated rings. The minimum absolute atomic E-state index is 0.747. The number of likely N-dealkylation sites (tertiary alicyclic amines) is 1. The predicted octanol–water partition coefficient (Wildman–Crippen LogP) is 7.49. The van der Waals surface area contributed by atoms with Crippen LogP contribution in [-0.4, -0.2) is 31.1 Å². The van der Waals surface area contributed by atoms with Gasteiger partial charge in [-0.1, -0.05) is 72.1 Å². The molecule has 0 radical (unpaired) electrons. The van der Waals surface area contributed by atoms with E-state index in [0.29, 0.717) is 0 Å². The van der Waals surface area contributed by atoms with E-state index in [4.69, 9.17) is 16.3 Å². The van der Waals surface area contributed by atoms with Gasteiger partial charge in [0.25, 0.3) is 0 Å². The van der Waals surface area contributed by atoms with Gasteiger partial charge in [0.1, 0.15) is 5.75 Å². The molecule has 3 aromatic carbocycles. The highest BCUT2D eigenvalue weighted by atomic mass is 35.5. The Morgan fingerprint density at radius 2 is 1.47 bits per heavy atom. The standard InChI is InChI=1S/C29H32ClNO/c1-23-6-8-24(9-7-23)22-29(25-10-14-27(30)15-11-25)26-12-16-28(17-13-26)32-21-5-20-31-18-3-2-4-19-31/h6-17,22H,2-5,18-21H2,1H3. The highest BCUT2D eigenvalue weighted by Gasteiger charge is 2.10.